The summed E-state index contributed by atoms with van der Waals surface area (Å²) in [6.45, 7) is 0. The second-order valence-electron chi connectivity index (χ2n) is 2.58. The summed E-state index contributed by atoms with van der Waals surface area (Å²) in [7, 11) is 1.83. The maximum Gasteiger partial charge on any atom is 0.139 e. The lowest BCUT2D eigenvalue weighted by Gasteiger charge is -1.98. The summed E-state index contributed by atoms with van der Waals surface area (Å²) in [6.07, 6.45) is 1.66. The van der Waals surface area contributed by atoms with Crippen LogP contribution in [0.25, 0.3) is 11.0 Å². The van der Waals surface area contributed by atoms with Crippen molar-refractivity contribution in [1.29, 1.82) is 0 Å². The topological polar surface area (TPSA) is 17.8 Å². The highest BCUT2D eigenvalue weighted by atomic mass is 79.9. The van der Waals surface area contributed by atoms with Crippen LogP contribution in [0, 0.1) is 5.82 Å². The molecule has 0 bridgehead atoms. The summed E-state index contributed by atoms with van der Waals surface area (Å²) in [5.41, 5.74) is 1.58. The van der Waals surface area contributed by atoms with Gasteiger partial charge >= 0.3 is 0 Å². The molecule has 2 rings (SSSR count). The van der Waals surface area contributed by atoms with E-state index in [4.69, 9.17) is 0 Å². The van der Waals surface area contributed by atoms with Gasteiger partial charge in [-0.15, -0.1) is 0 Å². The molecule has 4 heteroatoms. The number of fused-ring (bicyclic) bond motifs is 1. The molecule has 0 atom stereocenters. The van der Waals surface area contributed by atoms with Gasteiger partial charge in [-0.25, -0.2) is 9.37 Å². The standard InChI is InChI=1S/C8H6BrFN2/c1-12-4-11-6-3-2-5(10)7(9)8(6)12/h2-4H,1H3. The molecule has 0 aliphatic rings. The predicted molar refractivity (Wildman–Crippen MR) is 48.4 cm³/mol. The van der Waals surface area contributed by atoms with Crippen molar-refractivity contribution in [1.82, 2.24) is 9.55 Å². The third-order valence-corrected chi connectivity index (χ3v) is 2.52. The van der Waals surface area contributed by atoms with Gasteiger partial charge in [-0.1, -0.05) is 0 Å². The highest BCUT2D eigenvalue weighted by molar-refractivity contribution is 9.10. The molecule has 0 amide bonds. The van der Waals surface area contributed by atoms with Gasteiger partial charge in [0.2, 0.25) is 0 Å². The minimum absolute atomic E-state index is 0.258. The van der Waals surface area contributed by atoms with Crippen molar-refractivity contribution in [3.05, 3.63) is 28.7 Å². The predicted octanol–water partition coefficient (Wildman–Crippen LogP) is 2.47. The van der Waals surface area contributed by atoms with Crippen LogP contribution in [0.2, 0.25) is 0 Å². The van der Waals surface area contributed by atoms with Crippen molar-refractivity contribution >= 4 is 27.0 Å². The van der Waals surface area contributed by atoms with E-state index in [1.165, 1.54) is 6.07 Å². The Kier molecular flexibility index (Phi) is 1.65. The molecule has 0 N–H and O–H groups in total. The van der Waals surface area contributed by atoms with Crippen molar-refractivity contribution in [2.24, 2.45) is 7.05 Å². The second kappa shape index (κ2) is 2.55. The molecule has 2 aromatic rings. The number of halogens is 2. The van der Waals surface area contributed by atoms with Crippen LogP contribution in [0.1, 0.15) is 0 Å². The molecule has 0 spiro atoms. The number of hydrogen-bond acceptors (Lipinski definition) is 1. The molecule has 62 valence electrons. The van der Waals surface area contributed by atoms with E-state index in [0.29, 0.717) is 4.47 Å². The average Bonchev–Trinajstić information content (AvgIpc) is 2.41. The number of hydrogen-bond donors (Lipinski definition) is 0. The van der Waals surface area contributed by atoms with Crippen LogP contribution in [0.3, 0.4) is 0 Å². The largest absolute Gasteiger partial charge is 0.333 e. The Hall–Kier alpha value is -0.900. The van der Waals surface area contributed by atoms with E-state index in [9.17, 15) is 4.39 Å². The van der Waals surface area contributed by atoms with Crippen LogP contribution < -0.4 is 0 Å². The average molecular weight is 229 g/mol. The van der Waals surface area contributed by atoms with Crippen LogP contribution in [0.15, 0.2) is 22.9 Å². The summed E-state index contributed by atoms with van der Waals surface area (Å²) >= 11 is 3.17. The molecule has 1 aromatic carbocycles. The van der Waals surface area contributed by atoms with E-state index >= 15 is 0 Å². The first kappa shape index (κ1) is 7.73. The van der Waals surface area contributed by atoms with E-state index in [2.05, 4.69) is 20.9 Å². The summed E-state index contributed by atoms with van der Waals surface area (Å²) in [5, 5.41) is 0. The number of rotatable bonds is 0. The molecule has 0 aliphatic heterocycles. The highest BCUT2D eigenvalue weighted by Crippen LogP contribution is 2.25. The lowest BCUT2D eigenvalue weighted by molar-refractivity contribution is 0.622. The number of benzene rings is 1. The Bertz CT molecular complexity index is 436. The van der Waals surface area contributed by atoms with Gasteiger partial charge in [-0.05, 0) is 28.1 Å². The van der Waals surface area contributed by atoms with Gasteiger partial charge in [0, 0.05) is 7.05 Å². The lowest BCUT2D eigenvalue weighted by atomic mass is 10.3. The minimum atomic E-state index is -0.258. The molecular weight excluding hydrogens is 223 g/mol. The normalized spacial score (nSPS) is 10.9. The fourth-order valence-electron chi connectivity index (χ4n) is 1.18. The Morgan fingerprint density at radius 1 is 1.50 bits per heavy atom. The van der Waals surface area contributed by atoms with Gasteiger partial charge in [0.1, 0.15) is 5.82 Å². The minimum Gasteiger partial charge on any atom is -0.333 e. The zero-order valence-electron chi connectivity index (χ0n) is 6.38. The molecule has 2 nitrogen and oxygen atoms in total. The zero-order valence-corrected chi connectivity index (χ0v) is 7.97. The summed E-state index contributed by atoms with van der Waals surface area (Å²) in [6, 6.07) is 3.06. The number of aryl methyl sites for hydroxylation is 1. The van der Waals surface area contributed by atoms with Crippen molar-refractivity contribution in [3.63, 3.8) is 0 Å². The van der Waals surface area contributed by atoms with Crippen LogP contribution in [0.5, 0.6) is 0 Å². The SMILES string of the molecule is Cn1cnc2ccc(F)c(Br)c21. The van der Waals surface area contributed by atoms with Gasteiger partial charge in [-0.2, -0.15) is 0 Å². The monoisotopic (exact) mass is 228 g/mol. The maximum atomic E-state index is 13.0. The molecule has 12 heavy (non-hydrogen) atoms. The molecule has 0 fully saturated rings. The van der Waals surface area contributed by atoms with Crippen LogP contribution in [0.4, 0.5) is 4.39 Å². The summed E-state index contributed by atoms with van der Waals surface area (Å²) in [5.74, 6) is -0.258. The third-order valence-electron chi connectivity index (χ3n) is 1.77. The molecule has 0 unspecified atom stereocenters. The zero-order chi connectivity index (χ0) is 8.72. The maximum absolute atomic E-state index is 13.0. The first-order chi connectivity index (χ1) is 5.70. The molecule has 1 aromatic heterocycles. The van der Waals surface area contributed by atoms with E-state index in [1.807, 2.05) is 7.05 Å². The first-order valence-corrected chi connectivity index (χ1v) is 4.24. The first-order valence-electron chi connectivity index (χ1n) is 3.45. The van der Waals surface area contributed by atoms with E-state index in [1.54, 1.807) is 17.0 Å². The van der Waals surface area contributed by atoms with Gasteiger partial charge in [0.25, 0.3) is 0 Å². The molecular formula is C8H6BrFN2. The lowest BCUT2D eigenvalue weighted by Crippen LogP contribution is -1.87. The third kappa shape index (κ3) is 0.948. The van der Waals surface area contributed by atoms with Crippen LogP contribution >= 0.6 is 15.9 Å². The number of nitrogens with zero attached hydrogens (tertiary/aromatic N) is 2. The van der Waals surface area contributed by atoms with Crippen molar-refractivity contribution in [2.75, 3.05) is 0 Å². The van der Waals surface area contributed by atoms with Crippen LogP contribution in [-0.4, -0.2) is 9.55 Å². The van der Waals surface area contributed by atoms with E-state index in [0.717, 1.165) is 11.0 Å². The Morgan fingerprint density at radius 3 is 3.00 bits per heavy atom. The van der Waals surface area contributed by atoms with Gasteiger partial charge in [0.15, 0.2) is 0 Å². The Labute approximate surface area is 77.1 Å². The van der Waals surface area contributed by atoms with Gasteiger partial charge in [-0.3, -0.25) is 0 Å². The summed E-state index contributed by atoms with van der Waals surface area (Å²) in [4.78, 5) is 4.09. The second-order valence-corrected chi connectivity index (χ2v) is 3.38. The molecule has 0 radical (unpaired) electrons. The van der Waals surface area contributed by atoms with E-state index in [-0.39, 0.29) is 5.82 Å². The fourth-order valence-corrected chi connectivity index (χ4v) is 1.79. The number of imidazole rings is 1. The molecule has 0 aliphatic carbocycles. The van der Waals surface area contributed by atoms with Crippen molar-refractivity contribution in [3.8, 4) is 0 Å². The van der Waals surface area contributed by atoms with Crippen molar-refractivity contribution in [2.45, 2.75) is 0 Å². The molecule has 0 saturated carbocycles. The Balaban J connectivity index is 2.96. The van der Waals surface area contributed by atoms with E-state index < -0.39 is 0 Å². The van der Waals surface area contributed by atoms with Crippen molar-refractivity contribution < 1.29 is 4.39 Å². The van der Waals surface area contributed by atoms with Gasteiger partial charge in [0.05, 0.1) is 21.8 Å². The van der Waals surface area contributed by atoms with Gasteiger partial charge < -0.3 is 4.57 Å². The molecule has 0 saturated heterocycles. The molecule has 1 heterocycles. The quantitative estimate of drug-likeness (QED) is 0.678. The fraction of sp³-hybridized carbons (Fsp3) is 0.125. The smallest absolute Gasteiger partial charge is 0.139 e. The Morgan fingerprint density at radius 2 is 2.25 bits per heavy atom. The number of aromatic nitrogens is 2. The summed E-state index contributed by atoms with van der Waals surface area (Å²) < 4.78 is 15.3. The van der Waals surface area contributed by atoms with Crippen LogP contribution in [-0.2, 0) is 7.05 Å². The highest BCUT2D eigenvalue weighted by Gasteiger charge is 2.07.